The van der Waals surface area contributed by atoms with Crippen molar-refractivity contribution in [1.29, 1.82) is 0 Å². The number of hydrogen-bond acceptors (Lipinski definition) is 2. The molecule has 0 amide bonds. The maximum Gasteiger partial charge on any atom is 0.0388 e. The lowest BCUT2D eigenvalue weighted by Gasteiger charge is -2.25. The first-order valence-corrected chi connectivity index (χ1v) is 7.66. The topological polar surface area (TPSA) is 15.3 Å². The normalized spacial score (nSPS) is 18.4. The standard InChI is InChI=1S/C17H28N2/c1-5-19(6-2)13-15-9-7-8-10-16(15)18-14(3)17(4)11-12-17/h7-10,14,18H,5-6,11-13H2,1-4H3. The van der Waals surface area contributed by atoms with Gasteiger partial charge in [-0.05, 0) is 49.9 Å². The molecule has 0 saturated heterocycles. The van der Waals surface area contributed by atoms with E-state index in [0.717, 1.165) is 19.6 Å². The fourth-order valence-electron chi connectivity index (χ4n) is 2.52. The van der Waals surface area contributed by atoms with Gasteiger partial charge in [-0.2, -0.15) is 0 Å². The third-order valence-corrected chi connectivity index (χ3v) is 4.76. The van der Waals surface area contributed by atoms with Crippen molar-refractivity contribution in [2.75, 3.05) is 18.4 Å². The predicted octanol–water partition coefficient (Wildman–Crippen LogP) is 4.13. The van der Waals surface area contributed by atoms with E-state index in [1.807, 2.05) is 0 Å². The van der Waals surface area contributed by atoms with Gasteiger partial charge in [-0.15, -0.1) is 0 Å². The lowest BCUT2D eigenvalue weighted by atomic mass is 10.00. The van der Waals surface area contributed by atoms with Crippen LogP contribution < -0.4 is 5.32 Å². The minimum absolute atomic E-state index is 0.516. The maximum absolute atomic E-state index is 3.74. The molecule has 1 aliphatic rings. The average Bonchev–Trinajstić information content (AvgIpc) is 3.17. The fraction of sp³-hybridized carbons (Fsp3) is 0.647. The van der Waals surface area contributed by atoms with Crippen LogP contribution in [-0.4, -0.2) is 24.0 Å². The van der Waals surface area contributed by atoms with Gasteiger partial charge in [0, 0.05) is 18.3 Å². The Morgan fingerprint density at radius 1 is 1.21 bits per heavy atom. The van der Waals surface area contributed by atoms with E-state index in [1.165, 1.54) is 24.1 Å². The van der Waals surface area contributed by atoms with Gasteiger partial charge in [0.1, 0.15) is 0 Å². The number of para-hydroxylation sites is 1. The molecule has 1 aliphatic carbocycles. The molecule has 0 heterocycles. The lowest BCUT2D eigenvalue weighted by molar-refractivity contribution is 0.296. The predicted molar refractivity (Wildman–Crippen MR) is 83.5 cm³/mol. The van der Waals surface area contributed by atoms with Gasteiger partial charge in [-0.3, -0.25) is 4.90 Å². The van der Waals surface area contributed by atoms with Crippen molar-refractivity contribution >= 4 is 5.69 Å². The summed E-state index contributed by atoms with van der Waals surface area (Å²) in [5.41, 5.74) is 3.25. The zero-order valence-electron chi connectivity index (χ0n) is 12.9. The van der Waals surface area contributed by atoms with Crippen LogP contribution in [0.15, 0.2) is 24.3 Å². The highest BCUT2D eigenvalue weighted by atomic mass is 15.1. The van der Waals surface area contributed by atoms with Gasteiger partial charge in [0.25, 0.3) is 0 Å². The van der Waals surface area contributed by atoms with Crippen molar-refractivity contribution in [1.82, 2.24) is 4.90 Å². The third kappa shape index (κ3) is 3.50. The Bertz CT molecular complexity index is 405. The van der Waals surface area contributed by atoms with Crippen molar-refractivity contribution < 1.29 is 0 Å². The molecule has 19 heavy (non-hydrogen) atoms. The Morgan fingerprint density at radius 2 is 1.84 bits per heavy atom. The molecule has 0 aliphatic heterocycles. The van der Waals surface area contributed by atoms with Gasteiger partial charge < -0.3 is 5.32 Å². The zero-order valence-corrected chi connectivity index (χ0v) is 12.9. The van der Waals surface area contributed by atoms with Crippen molar-refractivity contribution in [3.05, 3.63) is 29.8 Å². The van der Waals surface area contributed by atoms with Crippen LogP contribution in [0.1, 0.15) is 46.1 Å². The largest absolute Gasteiger partial charge is 0.382 e. The van der Waals surface area contributed by atoms with Crippen LogP contribution in [0.3, 0.4) is 0 Å². The minimum Gasteiger partial charge on any atom is -0.382 e. The molecular weight excluding hydrogens is 232 g/mol. The SMILES string of the molecule is CCN(CC)Cc1ccccc1NC(C)C1(C)CC1. The van der Waals surface area contributed by atoms with Gasteiger partial charge in [-0.25, -0.2) is 0 Å². The van der Waals surface area contributed by atoms with Gasteiger partial charge in [0.05, 0.1) is 0 Å². The molecule has 0 radical (unpaired) electrons. The molecule has 2 heteroatoms. The lowest BCUT2D eigenvalue weighted by Crippen LogP contribution is -2.27. The highest BCUT2D eigenvalue weighted by Gasteiger charge is 2.42. The second kappa shape index (κ2) is 5.96. The molecule has 2 rings (SSSR count). The average molecular weight is 260 g/mol. The monoisotopic (exact) mass is 260 g/mol. The van der Waals surface area contributed by atoms with Gasteiger partial charge in [0.2, 0.25) is 0 Å². The minimum atomic E-state index is 0.516. The van der Waals surface area contributed by atoms with Crippen LogP contribution >= 0.6 is 0 Å². The highest BCUT2D eigenvalue weighted by Crippen LogP contribution is 2.48. The van der Waals surface area contributed by atoms with Gasteiger partial charge in [-0.1, -0.05) is 39.0 Å². The quantitative estimate of drug-likeness (QED) is 0.793. The molecule has 2 nitrogen and oxygen atoms in total. The van der Waals surface area contributed by atoms with Crippen molar-refractivity contribution in [3.8, 4) is 0 Å². The molecule has 106 valence electrons. The summed E-state index contributed by atoms with van der Waals surface area (Å²) in [6.07, 6.45) is 2.72. The van der Waals surface area contributed by atoms with E-state index in [4.69, 9.17) is 0 Å². The number of anilines is 1. The second-order valence-corrected chi connectivity index (χ2v) is 6.14. The van der Waals surface area contributed by atoms with Crippen molar-refractivity contribution in [2.45, 2.75) is 53.1 Å². The first-order valence-electron chi connectivity index (χ1n) is 7.66. The van der Waals surface area contributed by atoms with Crippen LogP contribution in [0.25, 0.3) is 0 Å². The molecule has 1 saturated carbocycles. The highest BCUT2D eigenvalue weighted by molar-refractivity contribution is 5.52. The first kappa shape index (κ1) is 14.4. The number of hydrogen-bond donors (Lipinski definition) is 1. The van der Waals surface area contributed by atoms with Crippen LogP contribution in [0.2, 0.25) is 0 Å². The second-order valence-electron chi connectivity index (χ2n) is 6.14. The fourth-order valence-corrected chi connectivity index (χ4v) is 2.52. The van der Waals surface area contributed by atoms with Crippen LogP contribution in [0, 0.1) is 5.41 Å². The molecule has 1 unspecified atom stereocenters. The molecule has 1 aromatic rings. The molecular formula is C17H28N2. The third-order valence-electron chi connectivity index (χ3n) is 4.76. The van der Waals surface area contributed by atoms with Gasteiger partial charge in [0.15, 0.2) is 0 Å². The zero-order chi connectivity index (χ0) is 13.9. The summed E-state index contributed by atoms with van der Waals surface area (Å²) in [6, 6.07) is 9.32. The summed E-state index contributed by atoms with van der Waals surface area (Å²) in [5, 5.41) is 3.74. The van der Waals surface area contributed by atoms with E-state index in [0.29, 0.717) is 11.5 Å². The smallest absolute Gasteiger partial charge is 0.0388 e. The molecule has 0 aromatic heterocycles. The summed E-state index contributed by atoms with van der Waals surface area (Å²) in [7, 11) is 0. The van der Waals surface area contributed by atoms with Crippen LogP contribution in [0.5, 0.6) is 0 Å². The summed E-state index contributed by atoms with van der Waals surface area (Å²) in [5.74, 6) is 0. The first-order chi connectivity index (χ1) is 9.09. The summed E-state index contributed by atoms with van der Waals surface area (Å²) >= 11 is 0. The Kier molecular flexibility index (Phi) is 4.51. The van der Waals surface area contributed by atoms with Crippen LogP contribution in [0.4, 0.5) is 5.69 Å². The summed E-state index contributed by atoms with van der Waals surface area (Å²) in [4.78, 5) is 2.46. The van der Waals surface area contributed by atoms with E-state index >= 15 is 0 Å². The molecule has 0 spiro atoms. The Morgan fingerprint density at radius 3 is 2.42 bits per heavy atom. The number of benzene rings is 1. The maximum atomic E-state index is 3.74. The van der Waals surface area contributed by atoms with E-state index in [2.05, 4.69) is 62.2 Å². The molecule has 1 aromatic carbocycles. The Hall–Kier alpha value is -1.02. The number of nitrogens with zero attached hydrogens (tertiary/aromatic N) is 1. The molecule has 1 atom stereocenters. The number of nitrogens with one attached hydrogen (secondary N) is 1. The van der Waals surface area contributed by atoms with E-state index < -0.39 is 0 Å². The van der Waals surface area contributed by atoms with Crippen molar-refractivity contribution in [2.24, 2.45) is 5.41 Å². The molecule has 1 N–H and O–H groups in total. The summed E-state index contributed by atoms with van der Waals surface area (Å²) in [6.45, 7) is 12.4. The van der Waals surface area contributed by atoms with E-state index in [9.17, 15) is 0 Å². The van der Waals surface area contributed by atoms with Gasteiger partial charge >= 0.3 is 0 Å². The molecule has 0 bridgehead atoms. The summed E-state index contributed by atoms with van der Waals surface area (Å²) < 4.78 is 0. The molecule has 1 fully saturated rings. The Balaban J connectivity index is 2.07. The van der Waals surface area contributed by atoms with Crippen LogP contribution in [-0.2, 0) is 6.54 Å². The Labute approximate surface area is 118 Å². The number of rotatable bonds is 7. The van der Waals surface area contributed by atoms with E-state index in [-0.39, 0.29) is 0 Å². The van der Waals surface area contributed by atoms with E-state index in [1.54, 1.807) is 0 Å². The van der Waals surface area contributed by atoms with Crippen molar-refractivity contribution in [3.63, 3.8) is 0 Å².